The van der Waals surface area contributed by atoms with Gasteiger partial charge in [-0.15, -0.1) is 0 Å². The predicted octanol–water partition coefficient (Wildman–Crippen LogP) is 1.56. The van der Waals surface area contributed by atoms with E-state index in [-0.39, 0.29) is 5.82 Å². The zero-order valence-corrected chi connectivity index (χ0v) is 8.32. The summed E-state index contributed by atoms with van der Waals surface area (Å²) in [6, 6.07) is 5.38. The van der Waals surface area contributed by atoms with Crippen molar-refractivity contribution in [2.45, 2.75) is 25.3 Å². The lowest BCUT2D eigenvalue weighted by molar-refractivity contribution is -0.138. The minimum atomic E-state index is -0.978. The third-order valence-corrected chi connectivity index (χ3v) is 2.21. The molecule has 15 heavy (non-hydrogen) atoms. The molecule has 1 atom stereocenters. The number of rotatable bonds is 5. The minimum absolute atomic E-state index is 0.263. The molecule has 0 radical (unpaired) electrons. The fourth-order valence-electron chi connectivity index (χ4n) is 1.30. The molecule has 3 nitrogen and oxygen atoms in total. The second-order valence-corrected chi connectivity index (χ2v) is 3.46. The van der Waals surface area contributed by atoms with Gasteiger partial charge < -0.3 is 10.8 Å². The molecule has 3 N–H and O–H groups in total. The van der Waals surface area contributed by atoms with Crippen LogP contribution in [0.2, 0.25) is 0 Å². The van der Waals surface area contributed by atoms with Crippen molar-refractivity contribution < 1.29 is 14.3 Å². The summed E-state index contributed by atoms with van der Waals surface area (Å²) < 4.78 is 12.5. The molecule has 0 spiro atoms. The second kappa shape index (κ2) is 5.46. The summed E-state index contributed by atoms with van der Waals surface area (Å²) in [5.41, 5.74) is 6.34. The standard InChI is InChI=1S/C11H14FNO2/c12-9-6-4-8(5-7-9)2-1-3-10(13)11(14)15/h4-7,10H,1-3,13H2,(H,14,15). The number of hydrogen-bond acceptors (Lipinski definition) is 2. The number of carboxylic acids is 1. The minimum Gasteiger partial charge on any atom is -0.480 e. The van der Waals surface area contributed by atoms with E-state index in [1.807, 2.05) is 0 Å². The van der Waals surface area contributed by atoms with Gasteiger partial charge in [-0.3, -0.25) is 4.79 Å². The van der Waals surface area contributed by atoms with Crippen LogP contribution in [0.15, 0.2) is 24.3 Å². The van der Waals surface area contributed by atoms with Crippen LogP contribution in [-0.2, 0) is 11.2 Å². The number of carbonyl (C=O) groups is 1. The molecule has 0 bridgehead atoms. The molecule has 0 aliphatic heterocycles. The highest BCUT2D eigenvalue weighted by Crippen LogP contribution is 2.07. The van der Waals surface area contributed by atoms with Crippen LogP contribution in [0.1, 0.15) is 18.4 Å². The first-order chi connectivity index (χ1) is 7.09. The van der Waals surface area contributed by atoms with Crippen molar-refractivity contribution in [3.05, 3.63) is 35.6 Å². The molecular formula is C11H14FNO2. The molecule has 0 aliphatic carbocycles. The molecule has 1 unspecified atom stereocenters. The quantitative estimate of drug-likeness (QED) is 0.776. The summed E-state index contributed by atoms with van der Waals surface area (Å²) in [6.45, 7) is 0. The Morgan fingerprint density at radius 1 is 1.40 bits per heavy atom. The Balaban J connectivity index is 2.32. The molecule has 1 aromatic carbocycles. The van der Waals surface area contributed by atoms with E-state index in [0.717, 1.165) is 12.0 Å². The van der Waals surface area contributed by atoms with E-state index in [0.29, 0.717) is 12.8 Å². The van der Waals surface area contributed by atoms with E-state index < -0.39 is 12.0 Å². The van der Waals surface area contributed by atoms with Crippen molar-refractivity contribution in [1.29, 1.82) is 0 Å². The molecule has 1 aromatic rings. The molecule has 0 aromatic heterocycles. The maximum absolute atomic E-state index is 12.5. The first-order valence-electron chi connectivity index (χ1n) is 4.82. The van der Waals surface area contributed by atoms with Gasteiger partial charge in [-0.25, -0.2) is 4.39 Å². The van der Waals surface area contributed by atoms with Gasteiger partial charge in [-0.05, 0) is 37.0 Å². The molecule has 0 saturated heterocycles. The van der Waals surface area contributed by atoms with Crippen LogP contribution in [0.25, 0.3) is 0 Å². The van der Waals surface area contributed by atoms with Gasteiger partial charge >= 0.3 is 5.97 Å². The summed E-state index contributed by atoms with van der Waals surface area (Å²) >= 11 is 0. The third-order valence-electron chi connectivity index (χ3n) is 2.21. The molecule has 0 fully saturated rings. The van der Waals surface area contributed by atoms with E-state index in [1.54, 1.807) is 12.1 Å². The maximum Gasteiger partial charge on any atom is 0.320 e. The summed E-state index contributed by atoms with van der Waals surface area (Å²) in [6.07, 6.45) is 1.85. The Morgan fingerprint density at radius 3 is 2.53 bits per heavy atom. The number of nitrogens with two attached hydrogens (primary N) is 1. The molecular weight excluding hydrogens is 197 g/mol. The van der Waals surface area contributed by atoms with Gasteiger partial charge in [-0.1, -0.05) is 12.1 Å². The van der Waals surface area contributed by atoms with Gasteiger partial charge in [-0.2, -0.15) is 0 Å². The van der Waals surface area contributed by atoms with E-state index in [4.69, 9.17) is 10.8 Å². The summed E-state index contributed by atoms with van der Waals surface area (Å²) in [7, 11) is 0. The van der Waals surface area contributed by atoms with Crippen molar-refractivity contribution >= 4 is 5.97 Å². The molecule has 0 saturated carbocycles. The van der Waals surface area contributed by atoms with Gasteiger partial charge in [0.1, 0.15) is 11.9 Å². The molecule has 0 aliphatic rings. The number of carboxylic acid groups (broad SMARTS) is 1. The number of aryl methyl sites for hydroxylation is 1. The van der Waals surface area contributed by atoms with Gasteiger partial charge in [0.05, 0.1) is 0 Å². The first-order valence-corrected chi connectivity index (χ1v) is 4.82. The first kappa shape index (κ1) is 11.7. The summed E-state index contributed by atoms with van der Waals surface area (Å²) in [5.74, 6) is -1.24. The number of halogens is 1. The van der Waals surface area contributed by atoms with Crippen LogP contribution in [-0.4, -0.2) is 17.1 Å². The lowest BCUT2D eigenvalue weighted by Gasteiger charge is -2.05. The Labute approximate surface area is 87.7 Å². The lowest BCUT2D eigenvalue weighted by Crippen LogP contribution is -2.29. The fraction of sp³-hybridized carbons (Fsp3) is 0.364. The fourth-order valence-corrected chi connectivity index (χ4v) is 1.30. The molecule has 0 amide bonds. The molecule has 1 rings (SSSR count). The van der Waals surface area contributed by atoms with Crippen LogP contribution in [0, 0.1) is 5.82 Å². The van der Waals surface area contributed by atoms with Gasteiger partial charge in [0.15, 0.2) is 0 Å². The van der Waals surface area contributed by atoms with E-state index in [1.165, 1.54) is 12.1 Å². The Morgan fingerprint density at radius 2 is 2.00 bits per heavy atom. The lowest BCUT2D eigenvalue weighted by atomic mass is 10.1. The Hall–Kier alpha value is -1.42. The van der Waals surface area contributed by atoms with Crippen molar-refractivity contribution in [2.24, 2.45) is 5.73 Å². The number of hydrogen-bond donors (Lipinski definition) is 2. The highest BCUT2D eigenvalue weighted by molar-refractivity contribution is 5.72. The average Bonchev–Trinajstić information content (AvgIpc) is 2.20. The van der Waals surface area contributed by atoms with E-state index in [2.05, 4.69) is 0 Å². The largest absolute Gasteiger partial charge is 0.480 e. The number of benzene rings is 1. The second-order valence-electron chi connectivity index (χ2n) is 3.46. The monoisotopic (exact) mass is 211 g/mol. The van der Waals surface area contributed by atoms with Gasteiger partial charge in [0.25, 0.3) is 0 Å². The van der Waals surface area contributed by atoms with E-state index in [9.17, 15) is 9.18 Å². The highest BCUT2D eigenvalue weighted by Gasteiger charge is 2.10. The van der Waals surface area contributed by atoms with Gasteiger partial charge in [0, 0.05) is 0 Å². The molecule has 0 heterocycles. The van der Waals surface area contributed by atoms with Crippen molar-refractivity contribution in [2.75, 3.05) is 0 Å². The van der Waals surface area contributed by atoms with Crippen LogP contribution in [0.3, 0.4) is 0 Å². The summed E-state index contributed by atoms with van der Waals surface area (Å²) in [5, 5.41) is 8.54. The molecule has 82 valence electrons. The molecule has 4 heteroatoms. The third kappa shape index (κ3) is 4.08. The van der Waals surface area contributed by atoms with Crippen LogP contribution < -0.4 is 5.73 Å². The predicted molar refractivity (Wildman–Crippen MR) is 54.9 cm³/mol. The Bertz CT molecular complexity index is 324. The zero-order chi connectivity index (χ0) is 11.3. The smallest absolute Gasteiger partial charge is 0.320 e. The van der Waals surface area contributed by atoms with Crippen LogP contribution in [0.4, 0.5) is 4.39 Å². The van der Waals surface area contributed by atoms with Crippen molar-refractivity contribution in [3.8, 4) is 0 Å². The number of aliphatic carboxylic acids is 1. The average molecular weight is 211 g/mol. The highest BCUT2D eigenvalue weighted by atomic mass is 19.1. The maximum atomic E-state index is 12.5. The van der Waals surface area contributed by atoms with Crippen LogP contribution >= 0.6 is 0 Å². The van der Waals surface area contributed by atoms with E-state index >= 15 is 0 Å². The summed E-state index contributed by atoms with van der Waals surface area (Å²) in [4.78, 5) is 10.4. The topological polar surface area (TPSA) is 63.3 Å². The van der Waals surface area contributed by atoms with Gasteiger partial charge in [0.2, 0.25) is 0 Å². The zero-order valence-electron chi connectivity index (χ0n) is 8.32. The van der Waals surface area contributed by atoms with Crippen molar-refractivity contribution in [1.82, 2.24) is 0 Å². The van der Waals surface area contributed by atoms with Crippen LogP contribution in [0.5, 0.6) is 0 Å². The van der Waals surface area contributed by atoms with Crippen molar-refractivity contribution in [3.63, 3.8) is 0 Å². The SMILES string of the molecule is NC(CCCc1ccc(F)cc1)C(=O)O. The normalized spacial score (nSPS) is 12.4. The Kier molecular flexibility index (Phi) is 4.24.